The van der Waals surface area contributed by atoms with Crippen LogP contribution in [0, 0.1) is 5.82 Å². The Labute approximate surface area is 141 Å². The number of rotatable bonds is 5. The molecule has 3 rings (SSSR count). The van der Waals surface area contributed by atoms with Gasteiger partial charge in [-0.25, -0.2) is 17.5 Å². The number of hydrogen-bond acceptors (Lipinski definition) is 3. The van der Waals surface area contributed by atoms with Crippen molar-refractivity contribution in [1.29, 1.82) is 0 Å². The molecule has 6 heteroatoms. The molecule has 0 fully saturated rings. The van der Waals surface area contributed by atoms with E-state index in [-0.39, 0.29) is 12.1 Å². The molecule has 2 aromatic carbocycles. The maximum absolute atomic E-state index is 13.6. The molecule has 2 aromatic rings. The Morgan fingerprint density at radius 3 is 2.62 bits per heavy atom. The van der Waals surface area contributed by atoms with Crippen LogP contribution in [0.25, 0.3) is 0 Å². The number of aliphatic hydroxyl groups is 1. The minimum absolute atomic E-state index is 0.110. The maximum Gasteiger partial charge on any atom is 0.215 e. The molecule has 1 atom stereocenters. The molecule has 0 amide bonds. The Morgan fingerprint density at radius 2 is 1.83 bits per heavy atom. The van der Waals surface area contributed by atoms with Gasteiger partial charge in [-0.2, -0.15) is 0 Å². The second-order valence-electron chi connectivity index (χ2n) is 6.21. The maximum atomic E-state index is 13.6. The van der Waals surface area contributed by atoms with E-state index in [4.69, 9.17) is 0 Å². The zero-order valence-corrected chi connectivity index (χ0v) is 14.0. The molecule has 1 aliphatic rings. The van der Waals surface area contributed by atoms with Gasteiger partial charge in [0, 0.05) is 12.1 Å². The summed E-state index contributed by atoms with van der Waals surface area (Å²) in [5.74, 6) is -0.998. The Morgan fingerprint density at radius 1 is 1.12 bits per heavy atom. The molecule has 1 aliphatic carbocycles. The monoisotopic (exact) mass is 349 g/mol. The number of halogens is 1. The zero-order chi connectivity index (χ0) is 17.2. The Hall–Kier alpha value is -1.76. The van der Waals surface area contributed by atoms with Gasteiger partial charge in [-0.15, -0.1) is 0 Å². The van der Waals surface area contributed by atoms with Gasteiger partial charge >= 0.3 is 0 Å². The van der Waals surface area contributed by atoms with Gasteiger partial charge in [0.15, 0.2) is 0 Å². The minimum atomic E-state index is -3.75. The first-order chi connectivity index (χ1) is 11.4. The van der Waals surface area contributed by atoms with Crippen LogP contribution in [0.15, 0.2) is 48.5 Å². The number of aryl methyl sites for hydroxylation is 1. The lowest BCUT2D eigenvalue weighted by atomic mass is 9.79. The van der Waals surface area contributed by atoms with E-state index < -0.39 is 27.2 Å². The third kappa shape index (κ3) is 3.66. The first-order valence-electron chi connectivity index (χ1n) is 7.91. The van der Waals surface area contributed by atoms with Gasteiger partial charge in [0.2, 0.25) is 10.0 Å². The van der Waals surface area contributed by atoms with Crippen molar-refractivity contribution < 1.29 is 17.9 Å². The number of hydrogen-bond donors (Lipinski definition) is 2. The van der Waals surface area contributed by atoms with E-state index >= 15 is 0 Å². The molecule has 1 unspecified atom stereocenters. The fourth-order valence-electron chi connectivity index (χ4n) is 3.18. The topological polar surface area (TPSA) is 66.4 Å². The second kappa shape index (κ2) is 6.63. The van der Waals surface area contributed by atoms with E-state index in [9.17, 15) is 17.9 Å². The molecule has 24 heavy (non-hydrogen) atoms. The average molecular weight is 349 g/mol. The lowest BCUT2D eigenvalue weighted by molar-refractivity contribution is 0.0243. The van der Waals surface area contributed by atoms with E-state index in [0.717, 1.165) is 24.0 Å². The van der Waals surface area contributed by atoms with E-state index in [1.165, 1.54) is 18.2 Å². The van der Waals surface area contributed by atoms with Crippen LogP contribution in [0.2, 0.25) is 0 Å². The standard InChI is InChI=1S/C18H20FNO3S/c19-17-10-4-2-7-15(17)12-24(22,23)20-13-18(21)11-5-8-14-6-1-3-9-16(14)18/h1-4,6-7,9-10,20-21H,5,8,11-13H2. The summed E-state index contributed by atoms with van der Waals surface area (Å²) >= 11 is 0. The van der Waals surface area contributed by atoms with Crippen LogP contribution in [0.1, 0.15) is 29.5 Å². The summed E-state index contributed by atoms with van der Waals surface area (Å²) in [6, 6.07) is 13.3. The highest BCUT2D eigenvalue weighted by Crippen LogP contribution is 2.34. The van der Waals surface area contributed by atoms with Crippen LogP contribution in [-0.2, 0) is 27.8 Å². The SMILES string of the molecule is O=S(=O)(Cc1ccccc1F)NCC1(O)CCCc2ccccc21. The highest BCUT2D eigenvalue weighted by Gasteiger charge is 2.35. The van der Waals surface area contributed by atoms with Gasteiger partial charge in [0.05, 0.1) is 5.75 Å². The summed E-state index contributed by atoms with van der Waals surface area (Å²) in [5.41, 5.74) is 0.697. The molecule has 0 bridgehead atoms. The average Bonchev–Trinajstić information content (AvgIpc) is 2.56. The molecule has 0 spiro atoms. The molecular weight excluding hydrogens is 329 g/mol. The molecule has 4 nitrogen and oxygen atoms in total. The Kier molecular flexibility index (Phi) is 4.71. The van der Waals surface area contributed by atoms with E-state index in [1.54, 1.807) is 6.07 Å². The normalized spacial score (nSPS) is 20.6. The molecule has 0 heterocycles. The Balaban J connectivity index is 1.74. The molecule has 0 radical (unpaired) electrons. The molecule has 0 saturated heterocycles. The smallest absolute Gasteiger partial charge is 0.215 e. The fraction of sp³-hybridized carbons (Fsp3) is 0.333. The number of benzene rings is 2. The largest absolute Gasteiger partial charge is 0.384 e. The molecule has 128 valence electrons. The van der Waals surface area contributed by atoms with Crippen molar-refractivity contribution in [3.05, 3.63) is 71.0 Å². The summed E-state index contributed by atoms with van der Waals surface area (Å²) in [5, 5.41) is 10.9. The predicted molar refractivity (Wildman–Crippen MR) is 90.3 cm³/mol. The van der Waals surface area contributed by atoms with Crippen molar-refractivity contribution in [3.63, 3.8) is 0 Å². The highest BCUT2D eigenvalue weighted by molar-refractivity contribution is 7.88. The van der Waals surface area contributed by atoms with Gasteiger partial charge in [-0.05, 0) is 36.5 Å². The highest BCUT2D eigenvalue weighted by atomic mass is 32.2. The minimum Gasteiger partial charge on any atom is -0.384 e. The third-order valence-electron chi connectivity index (χ3n) is 4.44. The number of sulfonamides is 1. The van der Waals surface area contributed by atoms with Crippen molar-refractivity contribution in [3.8, 4) is 0 Å². The second-order valence-corrected chi connectivity index (χ2v) is 8.02. The summed E-state index contributed by atoms with van der Waals surface area (Å²) < 4.78 is 40.6. The van der Waals surface area contributed by atoms with Crippen molar-refractivity contribution >= 4 is 10.0 Å². The number of nitrogens with one attached hydrogen (secondary N) is 1. The van der Waals surface area contributed by atoms with Crippen LogP contribution >= 0.6 is 0 Å². The quantitative estimate of drug-likeness (QED) is 0.871. The lowest BCUT2D eigenvalue weighted by Crippen LogP contribution is -2.43. The van der Waals surface area contributed by atoms with Crippen LogP contribution in [0.4, 0.5) is 4.39 Å². The van der Waals surface area contributed by atoms with E-state index in [2.05, 4.69) is 4.72 Å². The van der Waals surface area contributed by atoms with Gasteiger partial charge < -0.3 is 5.11 Å². The van der Waals surface area contributed by atoms with Crippen LogP contribution < -0.4 is 4.72 Å². The zero-order valence-electron chi connectivity index (χ0n) is 13.2. The molecule has 0 saturated carbocycles. The van der Waals surface area contributed by atoms with E-state index in [0.29, 0.717) is 6.42 Å². The van der Waals surface area contributed by atoms with Crippen LogP contribution in [0.5, 0.6) is 0 Å². The first-order valence-corrected chi connectivity index (χ1v) is 9.56. The van der Waals surface area contributed by atoms with Gasteiger partial charge in [-0.1, -0.05) is 42.5 Å². The first kappa shape index (κ1) is 17.1. The Bertz CT molecular complexity index is 838. The van der Waals surface area contributed by atoms with Gasteiger partial charge in [0.1, 0.15) is 11.4 Å². The van der Waals surface area contributed by atoms with Crippen molar-refractivity contribution in [2.24, 2.45) is 0 Å². The fourth-order valence-corrected chi connectivity index (χ4v) is 4.39. The lowest BCUT2D eigenvalue weighted by Gasteiger charge is -2.34. The van der Waals surface area contributed by atoms with Crippen molar-refractivity contribution in [2.75, 3.05) is 6.54 Å². The number of fused-ring (bicyclic) bond motifs is 1. The molecule has 2 N–H and O–H groups in total. The van der Waals surface area contributed by atoms with Crippen LogP contribution in [0.3, 0.4) is 0 Å². The predicted octanol–water partition coefficient (Wildman–Crippen LogP) is 2.47. The molecule has 0 aromatic heterocycles. The summed E-state index contributed by atoms with van der Waals surface area (Å²) in [4.78, 5) is 0. The van der Waals surface area contributed by atoms with Crippen molar-refractivity contribution in [2.45, 2.75) is 30.6 Å². The van der Waals surface area contributed by atoms with Gasteiger partial charge in [-0.3, -0.25) is 0 Å². The van der Waals surface area contributed by atoms with E-state index in [1.807, 2.05) is 24.3 Å². The molecular formula is C18H20FNO3S. The summed E-state index contributed by atoms with van der Waals surface area (Å²) in [6.45, 7) is -0.110. The van der Waals surface area contributed by atoms with Crippen LogP contribution in [-0.4, -0.2) is 20.1 Å². The van der Waals surface area contributed by atoms with Crippen molar-refractivity contribution in [1.82, 2.24) is 4.72 Å². The third-order valence-corrected chi connectivity index (χ3v) is 5.72. The summed E-state index contributed by atoms with van der Waals surface area (Å²) in [7, 11) is -3.75. The summed E-state index contributed by atoms with van der Waals surface area (Å²) in [6.07, 6.45) is 2.16. The molecule has 0 aliphatic heterocycles. The van der Waals surface area contributed by atoms with Gasteiger partial charge in [0.25, 0.3) is 0 Å².